The van der Waals surface area contributed by atoms with Crippen molar-refractivity contribution >= 4 is 16.8 Å². The summed E-state index contributed by atoms with van der Waals surface area (Å²) >= 11 is 0. The summed E-state index contributed by atoms with van der Waals surface area (Å²) in [6, 6.07) is 0. The van der Waals surface area contributed by atoms with Crippen LogP contribution in [-0.4, -0.2) is 26.6 Å². The molecule has 0 aliphatic carbocycles. The summed E-state index contributed by atoms with van der Waals surface area (Å²) < 4.78 is 24.3. The topological polar surface area (TPSA) is 107 Å². The van der Waals surface area contributed by atoms with Crippen molar-refractivity contribution < 1.29 is 22.5 Å². The van der Waals surface area contributed by atoms with Gasteiger partial charge in [0.15, 0.2) is 0 Å². The first-order valence-corrected chi connectivity index (χ1v) is 4.70. The van der Waals surface area contributed by atoms with Gasteiger partial charge in [0.2, 0.25) is 0 Å². The Balaban J connectivity index is 0. The van der Waals surface area contributed by atoms with Crippen LogP contribution in [0, 0.1) is 0 Å². The van der Waals surface area contributed by atoms with Crippen LogP contribution in [0.15, 0.2) is 0 Å². The van der Waals surface area contributed by atoms with Crippen molar-refractivity contribution in [2.45, 2.75) is 19.8 Å². The Morgan fingerprint density at radius 2 is 2.00 bits per heavy atom. The second-order valence-corrected chi connectivity index (χ2v) is 3.00. The zero-order chi connectivity index (χ0) is 10.0. The number of rotatable bonds is 4. The Morgan fingerprint density at radius 3 is 2.25 bits per heavy atom. The molecule has 0 rings (SSSR count). The van der Waals surface area contributed by atoms with Gasteiger partial charge >= 0.3 is 10.3 Å². The number of hydrogen-bond donors (Lipinski definition) is 2. The van der Waals surface area contributed by atoms with E-state index in [0.29, 0.717) is 0 Å². The second-order valence-electron chi connectivity index (χ2n) is 1.77. The quantitative estimate of drug-likeness (QED) is 0.477. The average molecular weight is 199 g/mol. The van der Waals surface area contributed by atoms with Crippen LogP contribution in [-0.2, 0) is 19.3 Å². The van der Waals surface area contributed by atoms with Gasteiger partial charge in [-0.2, -0.15) is 8.42 Å². The number of hydrogen-bond acceptors (Lipinski definition) is 4. The van der Waals surface area contributed by atoms with Crippen molar-refractivity contribution in [3.8, 4) is 0 Å². The predicted molar refractivity (Wildman–Crippen MR) is 42.7 cm³/mol. The molecule has 3 N–H and O–H groups in total. The summed E-state index contributed by atoms with van der Waals surface area (Å²) in [5, 5.41) is 11.4. The van der Waals surface area contributed by atoms with E-state index in [1.165, 1.54) is 0 Å². The van der Waals surface area contributed by atoms with E-state index in [0.717, 1.165) is 12.8 Å². The van der Waals surface area contributed by atoms with Gasteiger partial charge in [-0.25, -0.2) is 5.14 Å². The Kier molecular flexibility index (Phi) is 9.77. The fraction of sp³-hybridized carbons (Fsp3) is 0.800. The van der Waals surface area contributed by atoms with Crippen LogP contribution in [0.2, 0.25) is 0 Å². The van der Waals surface area contributed by atoms with E-state index in [2.05, 4.69) is 9.32 Å². The molecule has 0 saturated heterocycles. The van der Waals surface area contributed by atoms with Crippen molar-refractivity contribution in [1.29, 1.82) is 0 Å². The average Bonchev–Trinajstić information content (AvgIpc) is 1.87. The molecule has 0 heterocycles. The highest BCUT2D eigenvalue weighted by molar-refractivity contribution is 7.84. The SMILES string of the molecule is CCCCOS(N)(=O)=O.O=CO. The maximum absolute atomic E-state index is 10.1. The van der Waals surface area contributed by atoms with Crippen LogP contribution in [0.1, 0.15) is 19.8 Å². The van der Waals surface area contributed by atoms with Crippen LogP contribution in [0.4, 0.5) is 0 Å². The van der Waals surface area contributed by atoms with Crippen molar-refractivity contribution in [2.24, 2.45) is 5.14 Å². The molecule has 12 heavy (non-hydrogen) atoms. The van der Waals surface area contributed by atoms with E-state index in [1.54, 1.807) is 0 Å². The minimum absolute atomic E-state index is 0.190. The van der Waals surface area contributed by atoms with Gasteiger partial charge in [-0.15, -0.1) is 0 Å². The third-order valence-electron chi connectivity index (χ3n) is 0.745. The zero-order valence-corrected chi connectivity index (χ0v) is 7.58. The van der Waals surface area contributed by atoms with E-state index in [1.807, 2.05) is 6.92 Å². The summed E-state index contributed by atoms with van der Waals surface area (Å²) in [5.41, 5.74) is 0. The molecular formula is C5H13NO5S. The summed E-state index contributed by atoms with van der Waals surface area (Å²) in [5.74, 6) is 0. The largest absolute Gasteiger partial charge is 0.483 e. The van der Waals surface area contributed by atoms with Gasteiger partial charge in [-0.1, -0.05) is 13.3 Å². The lowest BCUT2D eigenvalue weighted by molar-refractivity contribution is -0.122. The molecule has 0 aromatic rings. The Labute approximate surface area is 71.6 Å². The Bertz CT molecular complexity index is 188. The van der Waals surface area contributed by atoms with Crippen LogP contribution >= 0.6 is 0 Å². The van der Waals surface area contributed by atoms with E-state index in [4.69, 9.17) is 9.90 Å². The zero-order valence-electron chi connectivity index (χ0n) is 6.76. The molecule has 0 atom stereocenters. The molecule has 0 aliphatic heterocycles. The molecule has 0 unspecified atom stereocenters. The van der Waals surface area contributed by atoms with Crippen molar-refractivity contribution in [2.75, 3.05) is 6.61 Å². The standard InChI is InChI=1S/C4H11NO3S.CH2O2/c1-2-3-4-8-9(5,6)7;2-1-3/h2-4H2,1H3,(H2,5,6,7);1H,(H,2,3). The van der Waals surface area contributed by atoms with Gasteiger partial charge < -0.3 is 5.11 Å². The molecule has 0 radical (unpaired) electrons. The Morgan fingerprint density at radius 1 is 1.58 bits per heavy atom. The van der Waals surface area contributed by atoms with E-state index in [9.17, 15) is 8.42 Å². The van der Waals surface area contributed by atoms with Crippen LogP contribution in [0.3, 0.4) is 0 Å². The highest BCUT2D eigenvalue weighted by atomic mass is 32.2. The van der Waals surface area contributed by atoms with Crippen LogP contribution in [0.25, 0.3) is 0 Å². The number of carboxylic acid groups (broad SMARTS) is 1. The molecule has 0 saturated carbocycles. The van der Waals surface area contributed by atoms with E-state index < -0.39 is 10.3 Å². The first-order chi connectivity index (χ1) is 5.47. The van der Waals surface area contributed by atoms with Gasteiger partial charge in [0, 0.05) is 0 Å². The fourth-order valence-electron chi connectivity index (χ4n) is 0.319. The van der Waals surface area contributed by atoms with E-state index in [-0.39, 0.29) is 13.1 Å². The lowest BCUT2D eigenvalue weighted by Gasteiger charge is -1.96. The van der Waals surface area contributed by atoms with Gasteiger partial charge in [-0.3, -0.25) is 8.98 Å². The number of nitrogens with two attached hydrogens (primary N) is 1. The molecule has 0 bridgehead atoms. The maximum atomic E-state index is 10.1. The minimum Gasteiger partial charge on any atom is -0.483 e. The molecule has 0 fully saturated rings. The van der Waals surface area contributed by atoms with Crippen molar-refractivity contribution in [1.82, 2.24) is 0 Å². The Hall–Kier alpha value is -0.660. The summed E-state index contributed by atoms with van der Waals surface area (Å²) in [4.78, 5) is 8.36. The number of unbranched alkanes of at least 4 members (excludes halogenated alkanes) is 1. The van der Waals surface area contributed by atoms with Crippen molar-refractivity contribution in [3.63, 3.8) is 0 Å². The lowest BCUT2D eigenvalue weighted by Crippen LogP contribution is -2.16. The van der Waals surface area contributed by atoms with Crippen molar-refractivity contribution in [3.05, 3.63) is 0 Å². The summed E-state index contributed by atoms with van der Waals surface area (Å²) in [7, 11) is -3.70. The van der Waals surface area contributed by atoms with Crippen LogP contribution < -0.4 is 5.14 Å². The van der Waals surface area contributed by atoms with Gasteiger partial charge in [-0.05, 0) is 6.42 Å². The highest BCUT2D eigenvalue weighted by Crippen LogP contribution is 1.89. The lowest BCUT2D eigenvalue weighted by atomic mass is 10.4. The second kappa shape index (κ2) is 8.44. The first-order valence-electron chi connectivity index (χ1n) is 3.23. The molecule has 6 nitrogen and oxygen atoms in total. The molecular weight excluding hydrogens is 186 g/mol. The van der Waals surface area contributed by atoms with Gasteiger partial charge in [0.1, 0.15) is 0 Å². The monoisotopic (exact) mass is 199 g/mol. The van der Waals surface area contributed by atoms with E-state index >= 15 is 0 Å². The summed E-state index contributed by atoms with van der Waals surface area (Å²) in [6.45, 7) is 1.88. The molecule has 0 spiro atoms. The molecule has 7 heteroatoms. The van der Waals surface area contributed by atoms with Crippen LogP contribution in [0.5, 0.6) is 0 Å². The molecule has 0 aliphatic rings. The van der Waals surface area contributed by atoms with Gasteiger partial charge in [0.05, 0.1) is 6.61 Å². The van der Waals surface area contributed by atoms with Gasteiger partial charge in [0.25, 0.3) is 6.47 Å². The summed E-state index contributed by atoms with van der Waals surface area (Å²) in [6.07, 6.45) is 1.62. The normalized spacial score (nSPS) is 9.83. The minimum atomic E-state index is -3.70. The third kappa shape index (κ3) is 22.8. The fourth-order valence-corrected chi connectivity index (χ4v) is 0.670. The smallest absolute Gasteiger partial charge is 0.333 e. The third-order valence-corrected chi connectivity index (χ3v) is 1.24. The maximum Gasteiger partial charge on any atom is 0.333 e. The predicted octanol–water partition coefficient (Wildman–Crippen LogP) is -0.293. The molecule has 0 aromatic heterocycles. The molecule has 74 valence electrons. The number of carbonyl (C=O) groups is 1. The highest BCUT2D eigenvalue weighted by Gasteiger charge is 1.98. The first kappa shape index (κ1) is 13.9. The molecule has 0 amide bonds. The molecule has 0 aromatic carbocycles.